The zero-order valence-corrected chi connectivity index (χ0v) is 50.2. The van der Waals surface area contributed by atoms with Gasteiger partial charge >= 0.3 is 50.4 Å². The van der Waals surface area contributed by atoms with Gasteiger partial charge in [-0.1, -0.05) is 267 Å². The monoisotopic (exact) mass is 1250 g/mol. The van der Waals surface area contributed by atoms with Gasteiger partial charge in [-0.15, -0.1) is 0 Å². The van der Waals surface area contributed by atoms with Crippen molar-refractivity contribution in [2.75, 3.05) is 0 Å². The van der Waals surface area contributed by atoms with Crippen molar-refractivity contribution in [3.05, 3.63) is 341 Å². The fraction of sp³-hybridized carbons (Fsp3) is 0. The largest absolute Gasteiger partial charge is 0.264 e. The number of pyridine rings is 4. The van der Waals surface area contributed by atoms with Crippen molar-refractivity contribution in [3.8, 4) is 0 Å². The molecule has 0 unspecified atom stereocenters. The van der Waals surface area contributed by atoms with Gasteiger partial charge in [-0.05, 0) is 98.4 Å². The molecule has 404 valence electrons. The van der Waals surface area contributed by atoms with Crippen molar-refractivity contribution in [2.45, 2.75) is 0 Å². The van der Waals surface area contributed by atoms with Crippen molar-refractivity contribution in [2.24, 2.45) is 0 Å². The summed E-state index contributed by atoms with van der Waals surface area (Å²) in [5.74, 6) is 0. The molecular weight excluding hydrogens is 1190 g/mol. The van der Waals surface area contributed by atoms with Gasteiger partial charge in [-0.2, -0.15) is 0 Å². The van der Waals surface area contributed by atoms with E-state index in [0.717, 1.165) is 0 Å². The molecule has 4 heterocycles. The van der Waals surface area contributed by atoms with Crippen LogP contribution in [0.4, 0.5) is 0 Å². The Hall–Kier alpha value is -6.30. The van der Waals surface area contributed by atoms with Crippen LogP contribution in [-0.2, 0) is 30.2 Å². The third-order valence-electron chi connectivity index (χ3n) is 11.7. The van der Waals surface area contributed by atoms with Crippen molar-refractivity contribution in [1.82, 2.24) is 19.9 Å². The van der Waals surface area contributed by atoms with E-state index in [-0.39, 0.29) is 0 Å². The van der Waals surface area contributed by atoms with E-state index in [2.05, 4.69) is 337 Å². The van der Waals surface area contributed by atoms with Crippen molar-refractivity contribution < 1.29 is 30.2 Å². The van der Waals surface area contributed by atoms with Gasteiger partial charge in [0.05, 0.1) is 0 Å². The zero-order chi connectivity index (χ0) is 55.7. The van der Waals surface area contributed by atoms with Gasteiger partial charge in [-0.25, -0.2) is 0 Å². The number of aromatic nitrogens is 4. The van der Waals surface area contributed by atoms with Crippen LogP contribution >= 0.6 is 51.9 Å². The smallest absolute Gasteiger partial charge is 0.0351 e. The molecule has 12 heteroatoms. The van der Waals surface area contributed by atoms with Crippen LogP contribution in [0.25, 0.3) is 0 Å². The van der Waals surface area contributed by atoms with Gasteiger partial charge in [0.25, 0.3) is 0 Å². The molecule has 0 atom stereocenters. The molecule has 0 saturated heterocycles. The molecule has 0 aliphatic rings. The first kappa shape index (κ1) is 61.3. The minimum Gasteiger partial charge on any atom is -0.264 e. The first-order chi connectivity index (χ1) is 39.8. The topological polar surface area (TPSA) is 51.6 Å². The third kappa shape index (κ3) is 18.9. The average Bonchev–Trinajstić information content (AvgIpc) is 3.57. The van der Waals surface area contributed by atoms with E-state index < -0.39 is 31.7 Å². The molecule has 12 aromatic rings. The average molecular weight is 1250 g/mol. The summed E-state index contributed by atoms with van der Waals surface area (Å²) in [6, 6.07) is 102. The SMILES string of the molecule is [Cl][Cu].[Cl][Cu].c1ccc(P(c2ccccc2)c2cccnc2)cc1.c1ccc(P(c2ccccc2)c2cccnc2)cc1.c1ccc(P(c2ccccc2)c2cccnc2)cc1.c1ccc(P(c2ccccc2)c2cccnc2)cc1. The Kier molecular flexibility index (Phi) is 27.7. The van der Waals surface area contributed by atoms with Gasteiger partial charge < -0.3 is 0 Å². The minimum absolute atomic E-state index is 0.508. The molecule has 0 aliphatic heterocycles. The molecule has 0 radical (unpaired) electrons. The summed E-state index contributed by atoms with van der Waals surface area (Å²) in [4.78, 5) is 17.1. The Morgan fingerprint density at radius 3 is 0.412 bits per heavy atom. The van der Waals surface area contributed by atoms with Crippen LogP contribution < -0.4 is 63.7 Å². The van der Waals surface area contributed by atoms with Crippen LogP contribution in [0.2, 0.25) is 0 Å². The molecule has 4 aromatic heterocycles. The Bertz CT molecular complexity index is 2620. The van der Waals surface area contributed by atoms with E-state index in [1.54, 1.807) is 0 Å². The number of hydrogen-bond acceptors (Lipinski definition) is 4. The number of benzene rings is 8. The van der Waals surface area contributed by atoms with Crippen LogP contribution in [0, 0.1) is 0 Å². The fourth-order valence-electron chi connectivity index (χ4n) is 8.35. The second-order valence-corrected chi connectivity index (χ2v) is 25.8. The molecule has 0 bridgehead atoms. The minimum atomic E-state index is -0.508. The van der Waals surface area contributed by atoms with Crippen LogP contribution in [-0.4, -0.2) is 19.9 Å². The molecule has 80 heavy (non-hydrogen) atoms. The molecule has 0 aliphatic carbocycles. The van der Waals surface area contributed by atoms with Crippen LogP contribution in [0.15, 0.2) is 341 Å². The third-order valence-corrected chi connectivity index (χ3v) is 21.4. The predicted molar refractivity (Wildman–Crippen MR) is 343 cm³/mol. The standard InChI is InChI=1S/4C17H14NP.2ClH.2Cu/c4*1-3-8-15(9-4-1)19(16-10-5-2-6-11-16)17-12-7-13-18-14-17;;;;/h4*1-14H;2*1H;;/q;;;;;;2*+1/p-2. The van der Waals surface area contributed by atoms with Gasteiger partial charge in [0.15, 0.2) is 0 Å². The number of halogens is 2. The first-order valence-corrected chi connectivity index (χ1v) is 33.2. The number of rotatable bonds is 12. The van der Waals surface area contributed by atoms with Crippen molar-refractivity contribution in [1.29, 1.82) is 0 Å². The number of nitrogens with zero attached hydrogens (tertiary/aromatic N) is 4. The summed E-state index contributed by atoms with van der Waals surface area (Å²) in [7, 11) is 6.37. The summed E-state index contributed by atoms with van der Waals surface area (Å²) >= 11 is 7.32. The maximum absolute atomic E-state index is 4.27. The Balaban J connectivity index is 0.000000151. The zero-order valence-electron chi connectivity index (χ0n) is 43.3. The molecule has 0 amide bonds. The second kappa shape index (κ2) is 36.1. The Morgan fingerprint density at radius 2 is 0.300 bits per heavy atom. The molecule has 0 saturated carbocycles. The van der Waals surface area contributed by atoms with Gasteiger partial charge in [-0.3, -0.25) is 19.9 Å². The molecule has 8 aromatic carbocycles. The summed E-state index contributed by atoms with van der Waals surface area (Å²) in [6.07, 6.45) is 15.2. The molecule has 0 fully saturated rings. The Morgan fingerprint density at radius 1 is 0.175 bits per heavy atom. The molecule has 12 rings (SSSR count). The van der Waals surface area contributed by atoms with E-state index in [1.165, 1.54) is 63.7 Å². The van der Waals surface area contributed by atoms with Crippen LogP contribution in [0.1, 0.15) is 0 Å². The quantitative estimate of drug-likeness (QED) is 0.0904. The predicted octanol–water partition coefficient (Wildman–Crippen LogP) is 12.7. The summed E-state index contributed by atoms with van der Waals surface area (Å²) in [5.41, 5.74) is 0. The number of hydrogen-bond donors (Lipinski definition) is 0. The van der Waals surface area contributed by atoms with E-state index in [1.807, 2.05) is 73.8 Å². The first-order valence-electron chi connectivity index (χ1n) is 25.2. The van der Waals surface area contributed by atoms with Crippen LogP contribution in [0.3, 0.4) is 0 Å². The summed E-state index contributed by atoms with van der Waals surface area (Å²) < 4.78 is 0. The molecule has 0 N–H and O–H groups in total. The van der Waals surface area contributed by atoms with Gasteiger partial charge in [0.2, 0.25) is 0 Å². The van der Waals surface area contributed by atoms with Gasteiger partial charge in [0.1, 0.15) is 0 Å². The maximum Gasteiger partial charge on any atom is 0.0351 e. The molecule has 4 nitrogen and oxygen atoms in total. The Labute approximate surface area is 502 Å². The molecule has 0 spiro atoms. The summed E-state index contributed by atoms with van der Waals surface area (Å²) in [6.45, 7) is 0. The maximum atomic E-state index is 4.27. The fourth-order valence-corrected chi connectivity index (χ4v) is 17.4. The summed E-state index contributed by atoms with van der Waals surface area (Å²) in [5, 5.41) is 16.0. The van der Waals surface area contributed by atoms with E-state index in [4.69, 9.17) is 0 Å². The second-order valence-electron chi connectivity index (χ2n) is 16.9. The van der Waals surface area contributed by atoms with E-state index >= 15 is 0 Å². The van der Waals surface area contributed by atoms with E-state index in [9.17, 15) is 0 Å². The van der Waals surface area contributed by atoms with Crippen molar-refractivity contribution in [3.63, 3.8) is 0 Å². The molecular formula is C68H56Cl2Cu2N4P4. The van der Waals surface area contributed by atoms with Crippen molar-refractivity contribution >= 4 is 116 Å². The normalized spacial score (nSPS) is 10.2. The van der Waals surface area contributed by atoms with Crippen LogP contribution in [0.5, 0.6) is 0 Å². The van der Waals surface area contributed by atoms with Gasteiger partial charge in [0, 0.05) is 70.8 Å². The van der Waals surface area contributed by atoms with E-state index in [0.29, 0.717) is 0 Å².